The van der Waals surface area contributed by atoms with Gasteiger partial charge in [0.2, 0.25) is 5.89 Å². The first-order valence-corrected chi connectivity index (χ1v) is 7.43. The van der Waals surface area contributed by atoms with Crippen molar-refractivity contribution in [1.29, 1.82) is 0 Å². The summed E-state index contributed by atoms with van der Waals surface area (Å²) < 4.78 is 5.06. The molecule has 1 saturated carbocycles. The SMILES string of the molecule is C=C(Cc1nc(Cc2ccc(C3CCC3)cc2)no1)C(=O)O. The molecule has 5 nitrogen and oxygen atoms in total. The first-order valence-electron chi connectivity index (χ1n) is 7.43. The number of carboxylic acids is 1. The van der Waals surface area contributed by atoms with E-state index < -0.39 is 5.97 Å². The highest BCUT2D eigenvalue weighted by atomic mass is 16.5. The first kappa shape index (κ1) is 14.5. The van der Waals surface area contributed by atoms with Gasteiger partial charge in [0.1, 0.15) is 0 Å². The largest absolute Gasteiger partial charge is 0.478 e. The molecule has 3 rings (SSSR count). The Kier molecular flexibility index (Phi) is 4.04. The van der Waals surface area contributed by atoms with E-state index in [1.807, 2.05) is 0 Å². The van der Waals surface area contributed by atoms with Crippen LogP contribution in [0.3, 0.4) is 0 Å². The summed E-state index contributed by atoms with van der Waals surface area (Å²) in [6, 6.07) is 8.54. The maximum atomic E-state index is 10.7. The lowest BCUT2D eigenvalue weighted by Crippen LogP contribution is -2.08. The van der Waals surface area contributed by atoms with Gasteiger partial charge in [-0.3, -0.25) is 0 Å². The van der Waals surface area contributed by atoms with Crippen molar-refractivity contribution in [1.82, 2.24) is 10.1 Å². The van der Waals surface area contributed by atoms with Gasteiger partial charge < -0.3 is 9.63 Å². The Morgan fingerprint density at radius 3 is 2.64 bits per heavy atom. The summed E-state index contributed by atoms with van der Waals surface area (Å²) in [6.07, 6.45) is 4.57. The zero-order chi connectivity index (χ0) is 15.5. The van der Waals surface area contributed by atoms with Crippen molar-refractivity contribution < 1.29 is 14.4 Å². The number of hydrogen-bond acceptors (Lipinski definition) is 4. The zero-order valence-corrected chi connectivity index (χ0v) is 12.3. The number of carboxylic acid groups (broad SMARTS) is 1. The van der Waals surface area contributed by atoms with Crippen molar-refractivity contribution in [3.63, 3.8) is 0 Å². The third kappa shape index (κ3) is 3.24. The van der Waals surface area contributed by atoms with E-state index in [1.54, 1.807) is 0 Å². The molecule has 0 atom stereocenters. The van der Waals surface area contributed by atoms with Gasteiger partial charge in [-0.1, -0.05) is 42.4 Å². The molecule has 1 aromatic carbocycles. The topological polar surface area (TPSA) is 76.2 Å². The van der Waals surface area contributed by atoms with Gasteiger partial charge in [-0.15, -0.1) is 0 Å². The van der Waals surface area contributed by atoms with E-state index in [9.17, 15) is 4.79 Å². The molecule has 0 unspecified atom stereocenters. The van der Waals surface area contributed by atoms with Crippen LogP contribution in [-0.4, -0.2) is 21.2 Å². The van der Waals surface area contributed by atoms with E-state index in [4.69, 9.17) is 9.63 Å². The van der Waals surface area contributed by atoms with Crippen molar-refractivity contribution in [3.8, 4) is 0 Å². The maximum Gasteiger partial charge on any atom is 0.331 e. The van der Waals surface area contributed by atoms with Crippen LogP contribution < -0.4 is 0 Å². The van der Waals surface area contributed by atoms with Crippen molar-refractivity contribution in [3.05, 3.63) is 59.3 Å². The van der Waals surface area contributed by atoms with Crippen LogP contribution in [0.4, 0.5) is 0 Å². The summed E-state index contributed by atoms with van der Waals surface area (Å²) in [5.74, 6) is 0.525. The molecular weight excluding hydrogens is 280 g/mol. The average Bonchev–Trinajstić information content (AvgIpc) is 2.86. The molecule has 114 valence electrons. The quantitative estimate of drug-likeness (QED) is 0.829. The number of carbonyl (C=O) groups is 1. The molecule has 0 amide bonds. The zero-order valence-electron chi connectivity index (χ0n) is 12.3. The molecule has 0 bridgehead atoms. The highest BCUT2D eigenvalue weighted by Crippen LogP contribution is 2.36. The lowest BCUT2D eigenvalue weighted by Gasteiger charge is -2.25. The molecule has 0 radical (unpaired) electrons. The highest BCUT2D eigenvalue weighted by Gasteiger charge is 2.19. The number of hydrogen-bond donors (Lipinski definition) is 1. The molecule has 5 heteroatoms. The Morgan fingerprint density at radius 2 is 2.05 bits per heavy atom. The summed E-state index contributed by atoms with van der Waals surface area (Å²) in [6.45, 7) is 3.46. The van der Waals surface area contributed by atoms with Crippen LogP contribution in [0.1, 0.15) is 48.0 Å². The summed E-state index contributed by atoms with van der Waals surface area (Å²) in [5, 5.41) is 12.7. The van der Waals surface area contributed by atoms with Crippen LogP contribution in [0.5, 0.6) is 0 Å². The molecule has 1 aliphatic rings. The predicted octanol–water partition coefficient (Wildman–Crippen LogP) is 3.11. The van der Waals surface area contributed by atoms with Crippen molar-refractivity contribution in [2.75, 3.05) is 0 Å². The normalized spacial score (nSPS) is 14.5. The standard InChI is InChI=1S/C17H18N2O3/c1-11(17(20)21)9-16-18-15(19-22-16)10-12-5-7-14(8-6-12)13-3-2-4-13/h5-8,13H,1-4,9-10H2,(H,20,21). The molecule has 1 aliphatic carbocycles. The highest BCUT2D eigenvalue weighted by molar-refractivity contribution is 5.86. The molecular formula is C17H18N2O3. The molecule has 1 fully saturated rings. The third-order valence-electron chi connectivity index (χ3n) is 4.10. The van der Waals surface area contributed by atoms with Crippen LogP contribution in [-0.2, 0) is 17.6 Å². The maximum absolute atomic E-state index is 10.7. The van der Waals surface area contributed by atoms with E-state index in [1.165, 1.54) is 24.8 Å². The van der Waals surface area contributed by atoms with Gasteiger partial charge >= 0.3 is 5.97 Å². The van der Waals surface area contributed by atoms with Crippen molar-refractivity contribution >= 4 is 5.97 Å². The Bertz CT molecular complexity index is 684. The number of aliphatic carboxylic acids is 1. The molecule has 1 N–H and O–H groups in total. The fraction of sp³-hybridized carbons (Fsp3) is 0.353. The van der Waals surface area contributed by atoms with Gasteiger partial charge in [0.15, 0.2) is 5.82 Å². The lowest BCUT2D eigenvalue weighted by atomic mass is 9.80. The fourth-order valence-electron chi connectivity index (χ4n) is 2.52. The van der Waals surface area contributed by atoms with Gasteiger partial charge in [-0.2, -0.15) is 4.98 Å². The summed E-state index contributed by atoms with van der Waals surface area (Å²) in [5.41, 5.74) is 2.56. The lowest BCUT2D eigenvalue weighted by molar-refractivity contribution is -0.132. The van der Waals surface area contributed by atoms with Crippen LogP contribution >= 0.6 is 0 Å². The van der Waals surface area contributed by atoms with E-state index in [2.05, 4.69) is 41.0 Å². The van der Waals surface area contributed by atoms with Gasteiger partial charge in [-0.25, -0.2) is 4.79 Å². The third-order valence-corrected chi connectivity index (χ3v) is 4.10. The smallest absolute Gasteiger partial charge is 0.331 e. The van der Waals surface area contributed by atoms with Crippen molar-refractivity contribution in [2.24, 2.45) is 0 Å². The minimum absolute atomic E-state index is 0.0417. The Balaban J connectivity index is 1.62. The summed E-state index contributed by atoms with van der Waals surface area (Å²) >= 11 is 0. The number of aromatic nitrogens is 2. The first-order chi connectivity index (χ1) is 10.6. The minimum Gasteiger partial charge on any atom is -0.478 e. The van der Waals surface area contributed by atoms with Crippen molar-refractivity contribution in [2.45, 2.75) is 38.0 Å². The Hall–Kier alpha value is -2.43. The molecule has 0 spiro atoms. The molecule has 0 saturated heterocycles. The van der Waals surface area contributed by atoms with E-state index >= 15 is 0 Å². The second-order valence-corrected chi connectivity index (χ2v) is 5.74. The Morgan fingerprint density at radius 1 is 1.32 bits per heavy atom. The van der Waals surface area contributed by atoms with Crippen LogP contribution in [0.2, 0.25) is 0 Å². The molecule has 2 aromatic rings. The molecule has 22 heavy (non-hydrogen) atoms. The van der Waals surface area contributed by atoms with Gasteiger partial charge in [-0.05, 0) is 29.9 Å². The second-order valence-electron chi connectivity index (χ2n) is 5.74. The predicted molar refractivity (Wildman–Crippen MR) is 80.6 cm³/mol. The van der Waals surface area contributed by atoms with Crippen LogP contribution in [0, 0.1) is 0 Å². The van der Waals surface area contributed by atoms with E-state index in [0.717, 1.165) is 11.5 Å². The number of rotatable bonds is 6. The molecule has 1 aromatic heterocycles. The second kappa shape index (κ2) is 6.13. The Labute approximate surface area is 128 Å². The molecule has 0 aliphatic heterocycles. The summed E-state index contributed by atoms with van der Waals surface area (Å²) in [4.78, 5) is 14.9. The van der Waals surface area contributed by atoms with Gasteiger partial charge in [0.25, 0.3) is 0 Å². The van der Waals surface area contributed by atoms with Gasteiger partial charge in [0.05, 0.1) is 6.42 Å². The van der Waals surface area contributed by atoms with Crippen LogP contribution in [0.25, 0.3) is 0 Å². The molecule has 1 heterocycles. The van der Waals surface area contributed by atoms with E-state index in [-0.39, 0.29) is 17.9 Å². The van der Waals surface area contributed by atoms with Crippen LogP contribution in [0.15, 0.2) is 40.9 Å². The summed E-state index contributed by atoms with van der Waals surface area (Å²) in [7, 11) is 0. The van der Waals surface area contributed by atoms with E-state index in [0.29, 0.717) is 12.2 Å². The monoisotopic (exact) mass is 298 g/mol. The fourth-order valence-corrected chi connectivity index (χ4v) is 2.52. The van der Waals surface area contributed by atoms with Gasteiger partial charge in [0, 0.05) is 12.0 Å². The average molecular weight is 298 g/mol. The minimum atomic E-state index is -1.05. The number of benzene rings is 1. The number of nitrogens with zero attached hydrogens (tertiary/aromatic N) is 2.